The van der Waals surface area contributed by atoms with Crippen molar-refractivity contribution in [2.75, 3.05) is 5.73 Å². The lowest BCUT2D eigenvalue weighted by atomic mass is 9.88. The zero-order valence-corrected chi connectivity index (χ0v) is 13.9. The molecule has 0 unspecified atom stereocenters. The van der Waals surface area contributed by atoms with Gasteiger partial charge in [-0.3, -0.25) is 0 Å². The number of rotatable bonds is 2. The summed E-state index contributed by atoms with van der Waals surface area (Å²) in [4.78, 5) is 20.3. The summed E-state index contributed by atoms with van der Waals surface area (Å²) in [6.45, 7) is 0. The van der Waals surface area contributed by atoms with Crippen LogP contribution in [-0.4, -0.2) is 27.1 Å². The monoisotopic (exact) mass is 389 g/mol. The molecule has 0 aliphatic heterocycles. The Balaban J connectivity index is 1.92. The Morgan fingerprint density at radius 3 is 2.82 bits per heavy atom. The Morgan fingerprint density at radius 1 is 1.39 bits per heavy atom. The highest BCUT2D eigenvalue weighted by Gasteiger charge is 2.43. The molecule has 0 saturated heterocycles. The molecule has 3 aromatic rings. The maximum atomic E-state index is 12.6. The highest BCUT2D eigenvalue weighted by molar-refractivity contribution is 5.84. The molecule has 0 bridgehead atoms. The number of carbonyl (C=O) groups excluding carboxylic acids is 1. The van der Waals surface area contributed by atoms with Crippen molar-refractivity contribution in [3.05, 3.63) is 41.3 Å². The zero-order valence-electron chi connectivity index (χ0n) is 13.9. The van der Waals surface area contributed by atoms with Gasteiger partial charge in [0.05, 0.1) is 18.2 Å². The van der Waals surface area contributed by atoms with Gasteiger partial charge in [0.2, 0.25) is 0 Å². The van der Waals surface area contributed by atoms with E-state index in [9.17, 15) is 23.2 Å². The summed E-state index contributed by atoms with van der Waals surface area (Å²) in [5.74, 6) is -2.18. The molecule has 8 nitrogen and oxygen atoms in total. The van der Waals surface area contributed by atoms with Crippen LogP contribution in [-0.2, 0) is 17.6 Å². The average molecular weight is 389 g/mol. The number of nitrogen functional groups attached to an aromatic ring is 1. The van der Waals surface area contributed by atoms with Crippen molar-refractivity contribution in [3.8, 4) is 28.8 Å². The van der Waals surface area contributed by atoms with E-state index in [1.54, 1.807) is 12.1 Å². The van der Waals surface area contributed by atoms with Gasteiger partial charge in [0.1, 0.15) is 28.9 Å². The third-order valence-electron chi connectivity index (χ3n) is 4.29. The fourth-order valence-electron chi connectivity index (χ4n) is 3.14. The number of furan rings is 1. The van der Waals surface area contributed by atoms with Crippen LogP contribution in [0.25, 0.3) is 22.7 Å². The maximum Gasteiger partial charge on any atom is 0.493 e. The van der Waals surface area contributed by atoms with Crippen LogP contribution < -0.4 is 10.6 Å². The standard InChI is InChI=1S/C17H10F3N5O3/c18-17(19,20)16(26)28-25-14-8(7-23-25)3-4-9-12(11-2-1-5-27-11)10(6-21)15(22)24-13(9)14/h1-2,5,7H,3-4H2,(H2,22,24). The molecule has 0 amide bonds. The molecule has 0 spiro atoms. The lowest BCUT2D eigenvalue weighted by Gasteiger charge is -2.21. The van der Waals surface area contributed by atoms with E-state index in [4.69, 9.17) is 10.2 Å². The average Bonchev–Trinajstić information content (AvgIpc) is 3.30. The van der Waals surface area contributed by atoms with Crippen molar-refractivity contribution in [1.29, 1.82) is 5.26 Å². The largest absolute Gasteiger partial charge is 0.493 e. The molecule has 1 aliphatic rings. The van der Waals surface area contributed by atoms with Gasteiger partial charge in [-0.15, -0.1) is 5.10 Å². The summed E-state index contributed by atoms with van der Waals surface area (Å²) in [5.41, 5.74) is 7.73. The second kappa shape index (κ2) is 6.12. The topological polar surface area (TPSA) is 120 Å². The third kappa shape index (κ3) is 2.66. The van der Waals surface area contributed by atoms with E-state index in [0.29, 0.717) is 40.1 Å². The molecule has 4 rings (SSSR count). The molecule has 0 saturated carbocycles. The van der Waals surface area contributed by atoms with E-state index in [1.165, 1.54) is 12.5 Å². The summed E-state index contributed by atoms with van der Waals surface area (Å²) >= 11 is 0. The fourth-order valence-corrected chi connectivity index (χ4v) is 3.14. The van der Waals surface area contributed by atoms with Crippen molar-refractivity contribution in [2.24, 2.45) is 0 Å². The molecular weight excluding hydrogens is 379 g/mol. The maximum absolute atomic E-state index is 12.6. The van der Waals surface area contributed by atoms with E-state index in [0.717, 1.165) is 0 Å². The van der Waals surface area contributed by atoms with Crippen molar-refractivity contribution in [3.63, 3.8) is 0 Å². The lowest BCUT2D eigenvalue weighted by molar-refractivity contribution is -0.201. The number of carbonyl (C=O) groups is 1. The molecule has 28 heavy (non-hydrogen) atoms. The number of anilines is 1. The first kappa shape index (κ1) is 17.6. The van der Waals surface area contributed by atoms with Gasteiger partial charge in [0.15, 0.2) is 0 Å². The predicted molar refractivity (Wildman–Crippen MR) is 87.3 cm³/mol. The van der Waals surface area contributed by atoms with E-state index in [2.05, 4.69) is 14.9 Å². The smallest absolute Gasteiger partial charge is 0.464 e. The number of halogens is 3. The Bertz CT molecular complexity index is 1130. The van der Waals surface area contributed by atoms with Crippen LogP contribution in [0.15, 0.2) is 29.0 Å². The molecule has 142 valence electrons. The number of aromatic nitrogens is 3. The second-order valence-electron chi connectivity index (χ2n) is 5.93. The quantitative estimate of drug-likeness (QED) is 0.714. The minimum atomic E-state index is -5.19. The van der Waals surface area contributed by atoms with Crippen molar-refractivity contribution in [1.82, 2.24) is 14.9 Å². The van der Waals surface area contributed by atoms with Crippen LogP contribution in [0.4, 0.5) is 19.0 Å². The van der Waals surface area contributed by atoms with Gasteiger partial charge in [-0.1, -0.05) is 4.85 Å². The fraction of sp³-hybridized carbons (Fsp3) is 0.176. The van der Waals surface area contributed by atoms with E-state index < -0.39 is 12.1 Å². The summed E-state index contributed by atoms with van der Waals surface area (Å²) < 4.78 is 43.1. The minimum absolute atomic E-state index is 0.0721. The minimum Gasteiger partial charge on any atom is -0.464 e. The number of nitrogens with two attached hydrogens (primary N) is 1. The van der Waals surface area contributed by atoms with E-state index >= 15 is 0 Å². The van der Waals surface area contributed by atoms with E-state index in [1.807, 2.05) is 6.07 Å². The highest BCUT2D eigenvalue weighted by atomic mass is 19.4. The number of hydrogen-bond acceptors (Lipinski definition) is 7. The van der Waals surface area contributed by atoms with E-state index in [-0.39, 0.29) is 22.8 Å². The molecule has 0 radical (unpaired) electrons. The number of nitrogens with zero attached hydrogens (tertiary/aromatic N) is 4. The summed E-state index contributed by atoms with van der Waals surface area (Å²) in [6, 6.07) is 5.24. The Labute approximate surface area is 154 Å². The lowest BCUT2D eigenvalue weighted by Crippen LogP contribution is -2.34. The van der Waals surface area contributed by atoms with Crippen LogP contribution in [0.1, 0.15) is 16.7 Å². The summed E-state index contributed by atoms with van der Waals surface area (Å²) in [5, 5.41) is 13.2. The SMILES string of the molecule is N#Cc1c(N)nc2c(c1-c1ccco1)CCc1cnn(OC(=O)C(F)(F)F)c1-2. The van der Waals surface area contributed by atoms with Crippen LogP contribution >= 0.6 is 0 Å². The second-order valence-corrected chi connectivity index (χ2v) is 5.93. The number of nitriles is 1. The molecule has 0 fully saturated rings. The summed E-state index contributed by atoms with van der Waals surface area (Å²) in [7, 11) is 0. The van der Waals surface area contributed by atoms with Crippen LogP contribution in [0.5, 0.6) is 0 Å². The number of fused-ring (bicyclic) bond motifs is 3. The molecule has 0 atom stereocenters. The van der Waals surface area contributed by atoms with Crippen LogP contribution in [0.2, 0.25) is 0 Å². The molecule has 1 aliphatic carbocycles. The molecule has 11 heteroatoms. The van der Waals surface area contributed by atoms with Gasteiger partial charge >= 0.3 is 12.1 Å². The first-order chi connectivity index (χ1) is 13.3. The van der Waals surface area contributed by atoms with Crippen molar-refractivity contribution < 1.29 is 27.2 Å². The van der Waals surface area contributed by atoms with Crippen molar-refractivity contribution >= 4 is 11.8 Å². The molecule has 3 heterocycles. The Hall–Kier alpha value is -3.81. The van der Waals surface area contributed by atoms with Crippen molar-refractivity contribution in [2.45, 2.75) is 19.0 Å². The van der Waals surface area contributed by atoms with Gasteiger partial charge in [-0.2, -0.15) is 18.4 Å². The number of alkyl halides is 3. The van der Waals surface area contributed by atoms with Gasteiger partial charge < -0.3 is 15.0 Å². The predicted octanol–water partition coefficient (Wildman–Crippen LogP) is 2.28. The first-order valence-corrected chi connectivity index (χ1v) is 7.94. The first-order valence-electron chi connectivity index (χ1n) is 7.94. The molecule has 2 N–H and O–H groups in total. The normalized spacial score (nSPS) is 12.8. The zero-order chi connectivity index (χ0) is 20.1. The highest BCUT2D eigenvalue weighted by Crippen LogP contribution is 2.41. The van der Waals surface area contributed by atoms with Crippen LogP contribution in [0, 0.1) is 11.3 Å². The number of pyridine rings is 1. The van der Waals surface area contributed by atoms with Gasteiger partial charge in [-0.05, 0) is 30.5 Å². The van der Waals surface area contributed by atoms with Gasteiger partial charge in [0, 0.05) is 11.1 Å². The molecule has 3 aromatic heterocycles. The van der Waals surface area contributed by atoms with Crippen LogP contribution in [0.3, 0.4) is 0 Å². The Morgan fingerprint density at radius 2 is 2.18 bits per heavy atom. The number of aryl methyl sites for hydroxylation is 1. The van der Waals surface area contributed by atoms with Gasteiger partial charge in [-0.25, -0.2) is 9.78 Å². The number of hydrogen-bond donors (Lipinski definition) is 1. The molecular formula is C17H10F3N5O3. The molecule has 0 aromatic carbocycles. The van der Waals surface area contributed by atoms with Gasteiger partial charge in [0.25, 0.3) is 0 Å². The summed E-state index contributed by atoms with van der Waals surface area (Å²) in [6.07, 6.45) is -1.67. The Kier molecular flexibility index (Phi) is 3.85. The third-order valence-corrected chi connectivity index (χ3v) is 4.29.